The van der Waals surface area contributed by atoms with Gasteiger partial charge in [0, 0.05) is 19.0 Å². The monoisotopic (exact) mass is 128 g/mol. The Balaban J connectivity index is 2.37. The van der Waals surface area contributed by atoms with Crippen LogP contribution in [0.2, 0.25) is 0 Å². The van der Waals surface area contributed by atoms with E-state index in [1.807, 2.05) is 0 Å². The molecule has 52 valence electrons. The Morgan fingerprint density at radius 1 is 1.67 bits per heavy atom. The Hall–Kier alpha value is -0.570. The molecule has 0 aliphatic carbocycles. The van der Waals surface area contributed by atoms with Gasteiger partial charge >= 0.3 is 0 Å². The highest BCUT2D eigenvalue weighted by Crippen LogP contribution is 2.01. The molecule has 3 N–H and O–H groups in total. The molecule has 1 aliphatic heterocycles. The molecule has 0 aromatic carbocycles. The van der Waals surface area contributed by atoms with Gasteiger partial charge in [-0.2, -0.15) is 0 Å². The highest BCUT2D eigenvalue weighted by Gasteiger charge is 2.12. The molecule has 0 aromatic heterocycles. The van der Waals surface area contributed by atoms with E-state index in [2.05, 4.69) is 5.32 Å². The Labute approximate surface area is 54.6 Å². The minimum Gasteiger partial charge on any atom is -0.356 e. The summed E-state index contributed by atoms with van der Waals surface area (Å²) in [6, 6.07) is 0.0903. The van der Waals surface area contributed by atoms with Crippen LogP contribution in [0.3, 0.4) is 0 Å². The van der Waals surface area contributed by atoms with Crippen molar-refractivity contribution in [3.05, 3.63) is 0 Å². The second-order valence-corrected chi connectivity index (χ2v) is 2.46. The van der Waals surface area contributed by atoms with E-state index in [0.717, 1.165) is 19.4 Å². The summed E-state index contributed by atoms with van der Waals surface area (Å²) in [6.45, 7) is 0.798. The van der Waals surface area contributed by atoms with E-state index in [0.29, 0.717) is 6.42 Å². The van der Waals surface area contributed by atoms with Crippen molar-refractivity contribution >= 4 is 5.91 Å². The molecule has 1 rings (SSSR count). The fourth-order valence-electron chi connectivity index (χ4n) is 1.00. The van der Waals surface area contributed by atoms with Crippen LogP contribution in [0.1, 0.15) is 19.3 Å². The largest absolute Gasteiger partial charge is 0.356 e. The number of rotatable bonds is 0. The smallest absolute Gasteiger partial charge is 0.221 e. The van der Waals surface area contributed by atoms with Gasteiger partial charge in [-0.3, -0.25) is 4.79 Å². The molecule has 1 saturated heterocycles. The zero-order valence-electron chi connectivity index (χ0n) is 5.39. The van der Waals surface area contributed by atoms with Gasteiger partial charge in [0.1, 0.15) is 0 Å². The van der Waals surface area contributed by atoms with E-state index in [1.54, 1.807) is 0 Å². The molecular weight excluding hydrogens is 116 g/mol. The van der Waals surface area contributed by atoms with Gasteiger partial charge in [-0.05, 0) is 12.8 Å². The average molecular weight is 128 g/mol. The maximum atomic E-state index is 10.7. The summed E-state index contributed by atoms with van der Waals surface area (Å²) in [5.41, 5.74) is 5.56. The zero-order chi connectivity index (χ0) is 6.69. The molecule has 1 atom stereocenters. The highest BCUT2D eigenvalue weighted by atomic mass is 16.1. The van der Waals surface area contributed by atoms with Gasteiger partial charge in [-0.25, -0.2) is 0 Å². The number of hydrogen-bond donors (Lipinski definition) is 2. The van der Waals surface area contributed by atoms with Gasteiger partial charge in [0.15, 0.2) is 0 Å². The van der Waals surface area contributed by atoms with Crippen molar-refractivity contribution in [2.24, 2.45) is 5.73 Å². The highest BCUT2D eigenvalue weighted by molar-refractivity contribution is 5.76. The minimum absolute atomic E-state index is 0.0903. The van der Waals surface area contributed by atoms with Crippen molar-refractivity contribution in [2.75, 3.05) is 6.54 Å². The van der Waals surface area contributed by atoms with Gasteiger partial charge < -0.3 is 11.1 Å². The van der Waals surface area contributed by atoms with Crippen molar-refractivity contribution in [3.63, 3.8) is 0 Å². The molecule has 0 bridgehead atoms. The summed E-state index contributed by atoms with van der Waals surface area (Å²) in [5, 5.41) is 2.76. The van der Waals surface area contributed by atoms with E-state index in [-0.39, 0.29) is 11.9 Å². The van der Waals surface area contributed by atoms with Gasteiger partial charge in [0.05, 0.1) is 0 Å². The lowest BCUT2D eigenvalue weighted by atomic mass is 10.1. The number of nitrogens with two attached hydrogens (primary N) is 1. The summed E-state index contributed by atoms with van der Waals surface area (Å²) in [5.74, 6) is 0.0972. The predicted octanol–water partition coefficient (Wildman–Crippen LogP) is -0.386. The number of amides is 1. The maximum absolute atomic E-state index is 10.7. The first-order chi connectivity index (χ1) is 4.29. The standard InChI is InChI=1S/C6H12N2O/c7-5-2-1-3-8-6(9)4-5/h5H,1-4,7H2,(H,8,9). The summed E-state index contributed by atoms with van der Waals surface area (Å²) < 4.78 is 0. The second-order valence-electron chi connectivity index (χ2n) is 2.46. The Kier molecular flexibility index (Phi) is 2.05. The molecule has 9 heavy (non-hydrogen) atoms. The first kappa shape index (κ1) is 6.55. The van der Waals surface area contributed by atoms with Crippen LogP contribution in [-0.4, -0.2) is 18.5 Å². The molecular formula is C6H12N2O. The van der Waals surface area contributed by atoms with Crippen molar-refractivity contribution < 1.29 is 4.79 Å². The molecule has 1 heterocycles. The molecule has 0 radical (unpaired) electrons. The summed E-state index contributed by atoms with van der Waals surface area (Å²) in [4.78, 5) is 10.7. The van der Waals surface area contributed by atoms with E-state index in [1.165, 1.54) is 0 Å². The maximum Gasteiger partial charge on any atom is 0.221 e. The first-order valence-corrected chi connectivity index (χ1v) is 3.31. The summed E-state index contributed by atoms with van der Waals surface area (Å²) in [6.07, 6.45) is 2.49. The van der Waals surface area contributed by atoms with E-state index in [4.69, 9.17) is 5.73 Å². The Morgan fingerprint density at radius 3 is 3.22 bits per heavy atom. The third-order valence-electron chi connectivity index (χ3n) is 1.52. The summed E-state index contributed by atoms with van der Waals surface area (Å²) >= 11 is 0. The lowest BCUT2D eigenvalue weighted by molar-refractivity contribution is -0.120. The molecule has 1 fully saturated rings. The molecule has 3 heteroatoms. The molecule has 0 saturated carbocycles. The molecule has 3 nitrogen and oxygen atoms in total. The number of hydrogen-bond acceptors (Lipinski definition) is 2. The summed E-state index contributed by atoms with van der Waals surface area (Å²) in [7, 11) is 0. The quantitative estimate of drug-likeness (QED) is 0.467. The third-order valence-corrected chi connectivity index (χ3v) is 1.52. The second kappa shape index (κ2) is 2.82. The molecule has 1 unspecified atom stereocenters. The normalized spacial score (nSPS) is 29.0. The van der Waals surface area contributed by atoms with Gasteiger partial charge in [0.2, 0.25) is 5.91 Å². The number of carbonyl (C=O) groups excluding carboxylic acids is 1. The van der Waals surface area contributed by atoms with Crippen LogP contribution < -0.4 is 11.1 Å². The zero-order valence-corrected chi connectivity index (χ0v) is 5.39. The van der Waals surface area contributed by atoms with Gasteiger partial charge in [0.25, 0.3) is 0 Å². The van der Waals surface area contributed by atoms with Crippen molar-refractivity contribution in [1.29, 1.82) is 0 Å². The lowest BCUT2D eigenvalue weighted by Crippen LogP contribution is -2.27. The third kappa shape index (κ3) is 2.01. The van der Waals surface area contributed by atoms with Crippen molar-refractivity contribution in [1.82, 2.24) is 5.32 Å². The van der Waals surface area contributed by atoms with E-state index < -0.39 is 0 Å². The fourth-order valence-corrected chi connectivity index (χ4v) is 1.00. The van der Waals surface area contributed by atoms with Crippen LogP contribution in [-0.2, 0) is 4.79 Å². The van der Waals surface area contributed by atoms with Crippen molar-refractivity contribution in [3.8, 4) is 0 Å². The molecule has 1 amide bonds. The van der Waals surface area contributed by atoms with Crippen LogP contribution in [0.15, 0.2) is 0 Å². The topological polar surface area (TPSA) is 55.1 Å². The fraction of sp³-hybridized carbons (Fsp3) is 0.833. The average Bonchev–Trinajstić information content (AvgIpc) is 1.93. The van der Waals surface area contributed by atoms with Crippen LogP contribution in [0, 0.1) is 0 Å². The van der Waals surface area contributed by atoms with E-state index in [9.17, 15) is 4.79 Å². The Bertz CT molecular complexity index is 114. The molecule has 0 spiro atoms. The first-order valence-electron chi connectivity index (χ1n) is 3.31. The van der Waals surface area contributed by atoms with Gasteiger partial charge in [-0.1, -0.05) is 0 Å². The van der Waals surface area contributed by atoms with E-state index >= 15 is 0 Å². The van der Waals surface area contributed by atoms with Crippen LogP contribution >= 0.6 is 0 Å². The SMILES string of the molecule is NC1CCCNC(=O)C1. The van der Waals surface area contributed by atoms with Crippen LogP contribution in [0.25, 0.3) is 0 Å². The lowest BCUT2D eigenvalue weighted by Gasteiger charge is -2.02. The van der Waals surface area contributed by atoms with Gasteiger partial charge in [-0.15, -0.1) is 0 Å². The number of nitrogens with one attached hydrogen (secondary N) is 1. The minimum atomic E-state index is 0.0903. The molecule has 0 aromatic rings. The number of carbonyl (C=O) groups is 1. The Morgan fingerprint density at radius 2 is 2.44 bits per heavy atom. The van der Waals surface area contributed by atoms with Crippen LogP contribution in [0.4, 0.5) is 0 Å². The van der Waals surface area contributed by atoms with Crippen molar-refractivity contribution in [2.45, 2.75) is 25.3 Å². The predicted molar refractivity (Wildman–Crippen MR) is 34.8 cm³/mol. The molecule has 1 aliphatic rings. The van der Waals surface area contributed by atoms with Crippen LogP contribution in [0.5, 0.6) is 0 Å².